The lowest BCUT2D eigenvalue weighted by molar-refractivity contribution is 0.303. The van der Waals surface area contributed by atoms with Crippen LogP contribution in [-0.2, 0) is 0 Å². The Hall–Kier alpha value is -3.98. The lowest BCUT2D eigenvalue weighted by atomic mass is 10.2. The van der Waals surface area contributed by atoms with E-state index in [9.17, 15) is 9.59 Å². The average Bonchev–Trinajstić information content (AvgIpc) is 3.20. The van der Waals surface area contributed by atoms with Gasteiger partial charge in [-0.2, -0.15) is 9.97 Å². The zero-order valence-electron chi connectivity index (χ0n) is 18.0. The highest BCUT2D eigenvalue weighted by Gasteiger charge is 2.24. The number of fused-ring (bicyclic) bond motifs is 3. The van der Waals surface area contributed by atoms with Crippen LogP contribution in [0.5, 0.6) is 12.0 Å². The molecule has 0 saturated carbocycles. The van der Waals surface area contributed by atoms with Gasteiger partial charge in [0.1, 0.15) is 9.66 Å². The normalized spacial score (nSPS) is 11.2. The van der Waals surface area contributed by atoms with Gasteiger partial charge in [0.05, 0.1) is 35.4 Å². The number of para-hydroxylation sites is 2. The van der Waals surface area contributed by atoms with E-state index in [-0.39, 0.29) is 33.9 Å². The third-order valence-electron chi connectivity index (χ3n) is 5.06. The minimum absolute atomic E-state index is 0.168. The molecule has 0 radical (unpaired) electrons. The fourth-order valence-corrected chi connectivity index (χ4v) is 4.71. The van der Waals surface area contributed by atoms with Crippen molar-refractivity contribution >= 4 is 31.8 Å². The van der Waals surface area contributed by atoms with Crippen molar-refractivity contribution in [2.75, 3.05) is 13.2 Å². The molecule has 3 aromatic heterocycles. The highest BCUT2D eigenvalue weighted by molar-refractivity contribution is 7.25. The predicted octanol–water partition coefficient (Wildman–Crippen LogP) is 3.94. The van der Waals surface area contributed by atoms with Crippen molar-refractivity contribution in [2.45, 2.75) is 13.8 Å². The van der Waals surface area contributed by atoms with Gasteiger partial charge in [-0.3, -0.25) is 9.59 Å². The van der Waals surface area contributed by atoms with Crippen LogP contribution in [0.15, 0.2) is 70.3 Å². The average molecular weight is 461 g/mol. The van der Waals surface area contributed by atoms with E-state index in [2.05, 4.69) is 9.97 Å². The van der Waals surface area contributed by atoms with E-state index >= 15 is 0 Å². The van der Waals surface area contributed by atoms with Crippen LogP contribution in [0.3, 0.4) is 0 Å². The van der Waals surface area contributed by atoms with Crippen molar-refractivity contribution in [2.24, 2.45) is 0 Å². The molecule has 0 saturated heterocycles. The Morgan fingerprint density at radius 3 is 1.45 bits per heavy atom. The Balaban J connectivity index is 1.92. The Labute approximate surface area is 192 Å². The van der Waals surface area contributed by atoms with Crippen LogP contribution in [-0.4, -0.2) is 32.3 Å². The molecule has 0 amide bonds. The van der Waals surface area contributed by atoms with Gasteiger partial charge in [-0.1, -0.05) is 47.7 Å². The second-order valence-electron chi connectivity index (χ2n) is 7.07. The molecule has 5 rings (SSSR count). The Bertz CT molecular complexity index is 1460. The maximum Gasteiger partial charge on any atom is 0.305 e. The number of aromatic nitrogens is 4. The molecular formula is C24H20N4O4S. The second-order valence-corrected chi connectivity index (χ2v) is 8.05. The van der Waals surface area contributed by atoms with Crippen molar-refractivity contribution in [1.29, 1.82) is 0 Å². The molecule has 0 fully saturated rings. The van der Waals surface area contributed by atoms with Gasteiger partial charge in [-0.15, -0.1) is 0 Å². The van der Waals surface area contributed by atoms with Crippen molar-refractivity contribution in [3.05, 3.63) is 81.4 Å². The van der Waals surface area contributed by atoms with Gasteiger partial charge in [-0.05, 0) is 38.1 Å². The zero-order valence-corrected chi connectivity index (χ0v) is 18.8. The Morgan fingerprint density at radius 2 is 1.09 bits per heavy atom. The molecule has 166 valence electrons. The topological polar surface area (TPSA) is 88.2 Å². The molecular weight excluding hydrogens is 440 g/mol. The van der Waals surface area contributed by atoms with Gasteiger partial charge in [0.25, 0.3) is 11.1 Å². The third-order valence-corrected chi connectivity index (χ3v) is 6.04. The van der Waals surface area contributed by atoms with Gasteiger partial charge in [0.2, 0.25) is 0 Å². The standard InChI is InChI=1S/C24H20N4O4S/c1-3-31-23-25-19-17(21(29)27(23)15-11-7-5-8-12-15)18-20(33-19)26-24(32-4-2)28(22(18)30)16-13-9-6-10-14-16/h5-14H,3-4H2,1-2H3. The summed E-state index contributed by atoms with van der Waals surface area (Å²) in [6.45, 7) is 4.32. The lowest BCUT2D eigenvalue weighted by Crippen LogP contribution is -2.25. The van der Waals surface area contributed by atoms with Crippen LogP contribution in [0, 0.1) is 0 Å². The molecule has 5 aromatic rings. The van der Waals surface area contributed by atoms with Crippen LogP contribution in [0.25, 0.3) is 31.8 Å². The van der Waals surface area contributed by atoms with Crippen LogP contribution < -0.4 is 20.6 Å². The summed E-state index contributed by atoms with van der Waals surface area (Å²) in [5.74, 6) is 0. The minimum Gasteiger partial charge on any atom is -0.465 e. The smallest absolute Gasteiger partial charge is 0.305 e. The molecule has 9 heteroatoms. The molecule has 0 atom stereocenters. The fraction of sp³-hybridized carbons (Fsp3) is 0.167. The van der Waals surface area contributed by atoms with Crippen LogP contribution >= 0.6 is 11.3 Å². The van der Waals surface area contributed by atoms with Crippen molar-refractivity contribution in [3.8, 4) is 23.4 Å². The molecule has 0 unspecified atom stereocenters. The second kappa shape index (κ2) is 8.51. The van der Waals surface area contributed by atoms with E-state index in [0.717, 1.165) is 0 Å². The number of benzene rings is 2. The molecule has 0 N–H and O–H groups in total. The van der Waals surface area contributed by atoms with Gasteiger partial charge in [-0.25, -0.2) is 9.13 Å². The molecule has 0 aliphatic rings. The minimum atomic E-state index is -0.386. The molecule has 8 nitrogen and oxygen atoms in total. The van der Waals surface area contributed by atoms with Crippen LogP contribution in [0.4, 0.5) is 0 Å². The summed E-state index contributed by atoms with van der Waals surface area (Å²) in [5, 5.41) is 0.431. The van der Waals surface area contributed by atoms with Crippen molar-refractivity contribution in [1.82, 2.24) is 19.1 Å². The Morgan fingerprint density at radius 1 is 0.697 bits per heavy atom. The highest BCUT2D eigenvalue weighted by atomic mass is 32.1. The monoisotopic (exact) mass is 460 g/mol. The van der Waals surface area contributed by atoms with Crippen molar-refractivity contribution < 1.29 is 9.47 Å². The van der Waals surface area contributed by atoms with Gasteiger partial charge in [0.15, 0.2) is 0 Å². The number of hydrogen-bond donors (Lipinski definition) is 0. The Kier molecular flexibility index (Phi) is 5.39. The zero-order chi connectivity index (χ0) is 22.9. The van der Waals surface area contributed by atoms with Crippen molar-refractivity contribution in [3.63, 3.8) is 0 Å². The van der Waals surface area contributed by atoms with E-state index < -0.39 is 0 Å². The summed E-state index contributed by atoms with van der Waals surface area (Å²) in [7, 11) is 0. The SMILES string of the molecule is CCOc1nc2sc3nc(OCC)n(-c4ccccc4)c(=O)c3c2c(=O)n1-c1ccccc1. The van der Waals surface area contributed by atoms with E-state index in [4.69, 9.17) is 9.47 Å². The summed E-state index contributed by atoms with van der Waals surface area (Å²) < 4.78 is 14.2. The summed E-state index contributed by atoms with van der Waals surface area (Å²) in [4.78, 5) is 37.5. The number of hydrogen-bond acceptors (Lipinski definition) is 7. The first kappa shape index (κ1) is 20.9. The number of thiophene rings is 1. The quantitative estimate of drug-likeness (QED) is 0.381. The van der Waals surface area contributed by atoms with Gasteiger partial charge >= 0.3 is 12.0 Å². The molecule has 3 heterocycles. The molecule has 2 aromatic carbocycles. The third kappa shape index (κ3) is 3.46. The molecule has 0 bridgehead atoms. The summed E-state index contributed by atoms with van der Waals surface area (Å²) in [5.41, 5.74) is 0.427. The van der Waals surface area contributed by atoms with Crippen LogP contribution in [0.1, 0.15) is 13.8 Å². The van der Waals surface area contributed by atoms with Gasteiger partial charge in [0, 0.05) is 0 Å². The molecule has 33 heavy (non-hydrogen) atoms. The first-order chi connectivity index (χ1) is 16.1. The first-order valence-corrected chi connectivity index (χ1v) is 11.3. The number of rotatable bonds is 6. The maximum atomic E-state index is 13.8. The first-order valence-electron chi connectivity index (χ1n) is 10.5. The van der Waals surface area contributed by atoms with E-state index in [1.165, 1.54) is 20.5 Å². The largest absolute Gasteiger partial charge is 0.465 e. The maximum absolute atomic E-state index is 13.8. The van der Waals surface area contributed by atoms with E-state index in [1.807, 2.05) is 50.2 Å². The summed E-state index contributed by atoms with van der Waals surface area (Å²) in [6.07, 6.45) is 0. The van der Waals surface area contributed by atoms with E-state index in [0.29, 0.717) is 34.2 Å². The fourth-order valence-electron chi connectivity index (χ4n) is 3.69. The molecule has 0 spiro atoms. The summed E-state index contributed by atoms with van der Waals surface area (Å²) in [6, 6.07) is 18.5. The number of nitrogens with zero attached hydrogens (tertiary/aromatic N) is 4. The van der Waals surface area contributed by atoms with E-state index in [1.54, 1.807) is 24.3 Å². The lowest BCUT2D eigenvalue weighted by Gasteiger charge is -2.13. The molecule has 0 aliphatic heterocycles. The highest BCUT2D eigenvalue weighted by Crippen LogP contribution is 2.31. The molecule has 0 aliphatic carbocycles. The predicted molar refractivity (Wildman–Crippen MR) is 128 cm³/mol. The van der Waals surface area contributed by atoms with Gasteiger partial charge < -0.3 is 9.47 Å². The number of ether oxygens (including phenoxy) is 2. The van der Waals surface area contributed by atoms with Crippen LogP contribution in [0.2, 0.25) is 0 Å². The summed E-state index contributed by atoms with van der Waals surface area (Å²) >= 11 is 1.17.